The van der Waals surface area contributed by atoms with Crippen molar-refractivity contribution in [3.63, 3.8) is 0 Å². The molecule has 3 nitrogen and oxygen atoms in total. The molecule has 1 saturated heterocycles. The van der Waals surface area contributed by atoms with E-state index >= 15 is 0 Å². The second kappa shape index (κ2) is 3.38. The summed E-state index contributed by atoms with van der Waals surface area (Å²) in [6.07, 6.45) is 3.91. The van der Waals surface area contributed by atoms with Gasteiger partial charge in [0.25, 0.3) is 0 Å². The van der Waals surface area contributed by atoms with E-state index in [0.717, 1.165) is 30.1 Å². The molecule has 0 aromatic carbocycles. The molecule has 86 valence electrons. The maximum absolute atomic E-state index is 6.02. The number of allylic oxidation sites excluding steroid dienone is 3. The molecule has 0 aromatic heterocycles. The monoisotopic (exact) mass is 286 g/mol. The van der Waals surface area contributed by atoms with Crippen LogP contribution in [0.1, 0.15) is 26.7 Å². The van der Waals surface area contributed by atoms with Gasteiger partial charge in [0.05, 0.1) is 0 Å². The third-order valence-corrected chi connectivity index (χ3v) is 4.69. The average Bonchev–Trinajstić information content (AvgIpc) is 2.63. The number of ether oxygens (including phenoxy) is 3. The van der Waals surface area contributed by atoms with Crippen LogP contribution in [0.5, 0.6) is 0 Å². The SMILES string of the molecule is CC1(C)OC2=CC3=C(CC2CC1=[Se])OCO3. The van der Waals surface area contributed by atoms with Crippen molar-refractivity contribution in [3.8, 4) is 0 Å². The quantitative estimate of drug-likeness (QED) is 0.633. The van der Waals surface area contributed by atoms with Crippen LogP contribution in [0.2, 0.25) is 0 Å². The third kappa shape index (κ3) is 1.52. The van der Waals surface area contributed by atoms with E-state index in [4.69, 9.17) is 14.2 Å². The molecule has 1 fully saturated rings. The van der Waals surface area contributed by atoms with Gasteiger partial charge < -0.3 is 0 Å². The molecule has 0 aromatic rings. The first-order valence-corrected chi connectivity index (χ1v) is 6.34. The average molecular weight is 285 g/mol. The van der Waals surface area contributed by atoms with Gasteiger partial charge in [0, 0.05) is 0 Å². The van der Waals surface area contributed by atoms with E-state index in [9.17, 15) is 0 Å². The summed E-state index contributed by atoms with van der Waals surface area (Å²) in [6.45, 7) is 4.52. The molecule has 0 amide bonds. The Morgan fingerprint density at radius 2 is 2.12 bits per heavy atom. The third-order valence-electron chi connectivity index (χ3n) is 3.31. The first kappa shape index (κ1) is 10.4. The fourth-order valence-corrected chi connectivity index (χ4v) is 2.79. The van der Waals surface area contributed by atoms with Crippen LogP contribution < -0.4 is 0 Å². The predicted molar refractivity (Wildman–Crippen MR) is 60.8 cm³/mol. The number of rotatable bonds is 0. The zero-order chi connectivity index (χ0) is 11.3. The zero-order valence-electron chi connectivity index (χ0n) is 9.41. The van der Waals surface area contributed by atoms with Crippen molar-refractivity contribution >= 4 is 20.0 Å². The van der Waals surface area contributed by atoms with Gasteiger partial charge in [0.15, 0.2) is 0 Å². The molecule has 3 aliphatic rings. The second-order valence-corrected chi connectivity index (χ2v) is 5.92. The Hall–Kier alpha value is -0.731. The van der Waals surface area contributed by atoms with Gasteiger partial charge in [-0.1, -0.05) is 0 Å². The van der Waals surface area contributed by atoms with E-state index in [2.05, 4.69) is 29.4 Å². The van der Waals surface area contributed by atoms with E-state index in [0.29, 0.717) is 12.7 Å². The van der Waals surface area contributed by atoms with Gasteiger partial charge in [-0.05, 0) is 0 Å². The summed E-state index contributed by atoms with van der Waals surface area (Å²) < 4.78 is 18.1. The van der Waals surface area contributed by atoms with E-state index < -0.39 is 0 Å². The van der Waals surface area contributed by atoms with Crippen molar-refractivity contribution in [2.24, 2.45) is 5.92 Å². The van der Waals surface area contributed by atoms with Crippen molar-refractivity contribution in [2.45, 2.75) is 32.3 Å². The van der Waals surface area contributed by atoms with Crippen LogP contribution in [-0.4, -0.2) is 32.4 Å². The van der Waals surface area contributed by atoms with Crippen LogP contribution in [-0.2, 0) is 14.2 Å². The Bertz CT molecular complexity index is 420. The molecule has 0 N–H and O–H groups in total. The summed E-state index contributed by atoms with van der Waals surface area (Å²) in [4.78, 5) is 0. The molecule has 2 aliphatic heterocycles. The van der Waals surface area contributed by atoms with Crippen molar-refractivity contribution in [2.75, 3.05) is 6.79 Å². The molecule has 3 rings (SSSR count). The van der Waals surface area contributed by atoms with Crippen LogP contribution in [0.4, 0.5) is 0 Å². The minimum absolute atomic E-state index is 0.208. The number of hydrogen-bond donors (Lipinski definition) is 0. The van der Waals surface area contributed by atoms with Crippen molar-refractivity contribution in [1.29, 1.82) is 0 Å². The molecule has 4 heteroatoms. The molecule has 1 atom stereocenters. The first-order chi connectivity index (χ1) is 7.56. The molecule has 0 bridgehead atoms. The summed E-state index contributed by atoms with van der Waals surface area (Å²) in [6, 6.07) is 0. The Morgan fingerprint density at radius 1 is 1.31 bits per heavy atom. The summed E-state index contributed by atoms with van der Waals surface area (Å²) in [5.41, 5.74) is -0.208. The fourth-order valence-electron chi connectivity index (χ4n) is 2.28. The molecular weight excluding hydrogens is 271 g/mol. The van der Waals surface area contributed by atoms with E-state index in [1.54, 1.807) is 0 Å². The standard InChI is InChI=1S/C12H14O3Se/c1-12(2)11(16)4-7-3-9-10(14-6-13-9)5-8(7)15-12/h5,7H,3-4,6H2,1-2H3. The topological polar surface area (TPSA) is 27.7 Å². The van der Waals surface area contributed by atoms with Gasteiger partial charge >= 0.3 is 103 Å². The zero-order valence-corrected chi connectivity index (χ0v) is 11.1. The Morgan fingerprint density at radius 3 is 2.94 bits per heavy atom. The molecular formula is C12H14O3Se. The molecule has 1 unspecified atom stereocenters. The van der Waals surface area contributed by atoms with Crippen LogP contribution in [0.15, 0.2) is 23.4 Å². The van der Waals surface area contributed by atoms with Crippen LogP contribution in [0, 0.1) is 5.92 Å². The summed E-state index contributed by atoms with van der Waals surface area (Å²) in [5, 5.41) is 0. The normalized spacial score (nSPS) is 30.8. The Labute approximate surface area is 103 Å². The van der Waals surface area contributed by atoms with Crippen LogP contribution >= 0.6 is 0 Å². The van der Waals surface area contributed by atoms with Gasteiger partial charge in [-0.25, -0.2) is 0 Å². The molecule has 0 saturated carbocycles. The van der Waals surface area contributed by atoms with Gasteiger partial charge in [0.2, 0.25) is 0 Å². The molecule has 2 heterocycles. The molecule has 0 radical (unpaired) electrons. The van der Waals surface area contributed by atoms with E-state index in [-0.39, 0.29) is 5.60 Å². The molecule has 1 aliphatic carbocycles. The van der Waals surface area contributed by atoms with Crippen LogP contribution in [0.25, 0.3) is 0 Å². The fraction of sp³-hybridized carbons (Fsp3) is 0.583. The second-order valence-electron chi connectivity index (χ2n) is 4.88. The van der Waals surface area contributed by atoms with Gasteiger partial charge in [-0.2, -0.15) is 0 Å². The van der Waals surface area contributed by atoms with Crippen molar-refractivity contribution < 1.29 is 14.2 Å². The summed E-state index contributed by atoms with van der Waals surface area (Å²) >= 11 is 3.14. The van der Waals surface area contributed by atoms with Gasteiger partial charge in [0.1, 0.15) is 0 Å². The van der Waals surface area contributed by atoms with E-state index in [1.165, 1.54) is 4.42 Å². The maximum atomic E-state index is 6.02. The molecule has 0 spiro atoms. The van der Waals surface area contributed by atoms with E-state index in [1.807, 2.05) is 6.08 Å². The van der Waals surface area contributed by atoms with Crippen molar-refractivity contribution in [1.82, 2.24) is 0 Å². The Balaban J connectivity index is 1.93. The summed E-state index contributed by atoms with van der Waals surface area (Å²) in [5.74, 6) is 3.27. The van der Waals surface area contributed by atoms with Crippen molar-refractivity contribution in [3.05, 3.63) is 23.4 Å². The predicted octanol–water partition coefficient (Wildman–Crippen LogP) is 1.65. The van der Waals surface area contributed by atoms with Gasteiger partial charge in [-0.15, -0.1) is 0 Å². The minimum atomic E-state index is -0.208. The number of fused-ring (bicyclic) bond motifs is 1. The van der Waals surface area contributed by atoms with Gasteiger partial charge in [-0.3, -0.25) is 0 Å². The summed E-state index contributed by atoms with van der Waals surface area (Å²) in [7, 11) is 0. The Kier molecular flexibility index (Phi) is 2.20. The van der Waals surface area contributed by atoms with Crippen LogP contribution in [0.3, 0.4) is 0 Å². The molecule has 16 heavy (non-hydrogen) atoms. The number of hydrogen-bond acceptors (Lipinski definition) is 3. The first-order valence-electron chi connectivity index (χ1n) is 5.49.